The van der Waals surface area contributed by atoms with E-state index in [4.69, 9.17) is 5.73 Å². The van der Waals surface area contributed by atoms with Gasteiger partial charge in [-0.3, -0.25) is 19.2 Å². The molecule has 0 spiro atoms. The molecule has 4 rings (SSSR count). The number of nitrogens with two attached hydrogens (primary N) is 1. The molecule has 0 aliphatic heterocycles. The first kappa shape index (κ1) is 32.1. The fourth-order valence-corrected chi connectivity index (χ4v) is 5.38. The average molecular weight is 604 g/mol. The number of carbonyl (C=O) groups excluding carboxylic acids is 4. The van der Waals surface area contributed by atoms with E-state index in [0.717, 1.165) is 37.9 Å². The van der Waals surface area contributed by atoms with Crippen LogP contribution in [0.1, 0.15) is 31.7 Å². The van der Waals surface area contributed by atoms with E-state index in [2.05, 4.69) is 33.4 Å². The van der Waals surface area contributed by atoms with Gasteiger partial charge < -0.3 is 37.2 Å². The zero-order valence-corrected chi connectivity index (χ0v) is 24.4. The second-order valence-corrected chi connectivity index (χ2v) is 10.8. The summed E-state index contributed by atoms with van der Waals surface area (Å²) in [5.41, 5.74) is 6.27. The number of aliphatic hydroxyl groups excluding tert-OH is 1. The van der Waals surface area contributed by atoms with Crippen LogP contribution in [0.25, 0.3) is 32.3 Å². The summed E-state index contributed by atoms with van der Waals surface area (Å²) in [6.07, 6.45) is 1.29. The van der Waals surface area contributed by atoms with E-state index < -0.39 is 60.9 Å². The summed E-state index contributed by atoms with van der Waals surface area (Å²) in [6, 6.07) is 14.4. The van der Waals surface area contributed by atoms with Crippen LogP contribution in [0.15, 0.2) is 54.6 Å². The van der Waals surface area contributed by atoms with Crippen molar-refractivity contribution in [1.82, 2.24) is 21.3 Å². The van der Waals surface area contributed by atoms with Crippen molar-refractivity contribution in [1.29, 1.82) is 0 Å². The number of hydrogen-bond acceptors (Lipinski definition) is 7. The molecular weight excluding hydrogens is 566 g/mol. The number of nitrogens with one attached hydrogen (secondary N) is 4. The molecule has 232 valence electrons. The Labute approximate surface area is 253 Å². The molecule has 0 fully saturated rings. The maximum Gasteiger partial charge on any atom is 0.326 e. The Morgan fingerprint density at radius 3 is 1.95 bits per heavy atom. The van der Waals surface area contributed by atoms with Gasteiger partial charge in [0.2, 0.25) is 23.6 Å². The van der Waals surface area contributed by atoms with Crippen LogP contribution in [0.3, 0.4) is 0 Å². The van der Waals surface area contributed by atoms with Crippen molar-refractivity contribution in [2.75, 3.05) is 19.7 Å². The number of hydrogen-bond donors (Lipinski definition) is 7. The van der Waals surface area contributed by atoms with Gasteiger partial charge in [0.05, 0.1) is 13.2 Å². The van der Waals surface area contributed by atoms with Crippen LogP contribution < -0.4 is 27.0 Å². The van der Waals surface area contributed by atoms with Gasteiger partial charge in [0.25, 0.3) is 0 Å². The molecule has 0 saturated carbocycles. The van der Waals surface area contributed by atoms with E-state index in [1.54, 1.807) is 0 Å². The minimum Gasteiger partial charge on any atom is -0.480 e. The third-order valence-electron chi connectivity index (χ3n) is 7.48. The maximum absolute atomic E-state index is 12.9. The smallest absolute Gasteiger partial charge is 0.326 e. The largest absolute Gasteiger partial charge is 0.480 e. The van der Waals surface area contributed by atoms with Crippen molar-refractivity contribution < 1.29 is 34.2 Å². The van der Waals surface area contributed by atoms with Crippen molar-refractivity contribution in [3.05, 3.63) is 60.2 Å². The molecule has 0 bridgehead atoms. The molecule has 0 heterocycles. The standard InChI is InChI=1S/C32H37N5O7/c1-18(39)35-26(17-38)31(42)37-24(7-2-3-12-33)30(41)34-16-27(40)36-25(32(43)44)15-19-13-22-10-8-20-5-4-6-21-9-11-23(14-19)29(22)28(20)21/h4-6,8-11,13-14,24-26,38H,2-3,7,12,15-17,33H2,1H3,(H,34,41)(H,35,39)(H,36,40)(H,37,42)(H,43,44)/t24-,25-,26-/m0/s1. The third kappa shape index (κ3) is 7.77. The lowest BCUT2D eigenvalue weighted by molar-refractivity contribution is -0.141. The van der Waals surface area contributed by atoms with Gasteiger partial charge in [-0.2, -0.15) is 0 Å². The predicted molar refractivity (Wildman–Crippen MR) is 166 cm³/mol. The molecule has 8 N–H and O–H groups in total. The summed E-state index contributed by atoms with van der Waals surface area (Å²) in [5.74, 6) is -3.92. The van der Waals surface area contributed by atoms with E-state index in [0.29, 0.717) is 19.4 Å². The highest BCUT2D eigenvalue weighted by Gasteiger charge is 2.27. The summed E-state index contributed by atoms with van der Waals surface area (Å²) in [6.45, 7) is 0.364. The second kappa shape index (κ2) is 14.6. The highest BCUT2D eigenvalue weighted by molar-refractivity contribution is 6.23. The lowest BCUT2D eigenvalue weighted by Crippen LogP contribution is -2.55. The molecule has 0 aliphatic carbocycles. The van der Waals surface area contributed by atoms with Gasteiger partial charge in [0, 0.05) is 13.3 Å². The van der Waals surface area contributed by atoms with Crippen LogP contribution in [-0.2, 0) is 30.4 Å². The number of rotatable bonds is 15. The molecule has 4 aromatic rings. The summed E-state index contributed by atoms with van der Waals surface area (Å²) in [7, 11) is 0. The van der Waals surface area contributed by atoms with Gasteiger partial charge in [0.1, 0.15) is 18.1 Å². The van der Waals surface area contributed by atoms with Gasteiger partial charge in [-0.05, 0) is 63.7 Å². The van der Waals surface area contributed by atoms with Crippen LogP contribution in [0.5, 0.6) is 0 Å². The fourth-order valence-electron chi connectivity index (χ4n) is 5.38. The average Bonchev–Trinajstić information content (AvgIpc) is 3.00. The summed E-state index contributed by atoms with van der Waals surface area (Å²) >= 11 is 0. The zero-order chi connectivity index (χ0) is 31.8. The first-order valence-electron chi connectivity index (χ1n) is 14.5. The Balaban J connectivity index is 1.41. The first-order valence-corrected chi connectivity index (χ1v) is 14.5. The van der Waals surface area contributed by atoms with Gasteiger partial charge in [0.15, 0.2) is 0 Å². The fraction of sp³-hybridized carbons (Fsp3) is 0.344. The van der Waals surface area contributed by atoms with Crippen molar-refractivity contribution in [3.63, 3.8) is 0 Å². The van der Waals surface area contributed by atoms with Crippen LogP contribution in [0.2, 0.25) is 0 Å². The highest BCUT2D eigenvalue weighted by atomic mass is 16.4. The quantitative estimate of drug-likeness (QED) is 0.0768. The Bertz CT molecular complexity index is 1610. The number of unbranched alkanes of at least 4 members (excludes halogenated alkanes) is 1. The number of benzene rings is 4. The molecule has 44 heavy (non-hydrogen) atoms. The predicted octanol–water partition coefficient (Wildman–Crippen LogP) is 0.923. The molecule has 4 aromatic carbocycles. The van der Waals surface area contributed by atoms with E-state index in [1.165, 1.54) is 6.92 Å². The molecule has 4 amide bonds. The number of amides is 4. The normalized spacial score (nSPS) is 13.3. The molecule has 0 aromatic heterocycles. The lowest BCUT2D eigenvalue weighted by Gasteiger charge is -2.22. The van der Waals surface area contributed by atoms with E-state index in [-0.39, 0.29) is 12.8 Å². The second-order valence-electron chi connectivity index (χ2n) is 10.8. The maximum atomic E-state index is 12.9. The minimum absolute atomic E-state index is 0.0228. The zero-order valence-electron chi connectivity index (χ0n) is 24.4. The number of carboxylic acid groups (broad SMARTS) is 1. The number of aliphatic carboxylic acids is 1. The minimum atomic E-state index is -1.25. The molecule has 12 heteroatoms. The van der Waals surface area contributed by atoms with Crippen LogP contribution in [0.4, 0.5) is 0 Å². The van der Waals surface area contributed by atoms with Crippen molar-refractivity contribution in [2.45, 2.75) is 50.7 Å². The Morgan fingerprint density at radius 2 is 1.39 bits per heavy atom. The van der Waals surface area contributed by atoms with Gasteiger partial charge in [-0.15, -0.1) is 0 Å². The molecule has 0 saturated heterocycles. The third-order valence-corrected chi connectivity index (χ3v) is 7.48. The van der Waals surface area contributed by atoms with E-state index in [1.807, 2.05) is 42.5 Å². The van der Waals surface area contributed by atoms with Crippen molar-refractivity contribution >= 4 is 61.9 Å². The topological polar surface area (TPSA) is 200 Å². The monoisotopic (exact) mass is 603 g/mol. The van der Waals surface area contributed by atoms with E-state index in [9.17, 15) is 34.2 Å². The van der Waals surface area contributed by atoms with Crippen LogP contribution >= 0.6 is 0 Å². The number of aliphatic hydroxyl groups is 1. The SMILES string of the molecule is CC(=O)N[C@@H](CO)C(=O)N[C@@H](CCCCN)C(=O)NCC(=O)N[C@@H](Cc1cc2ccc3cccc4ccc(c1)c2c34)C(=O)O. The molecule has 0 unspecified atom stereocenters. The molecule has 0 aliphatic rings. The highest BCUT2D eigenvalue weighted by Crippen LogP contribution is 2.35. The Kier molecular flexibility index (Phi) is 10.6. The van der Waals surface area contributed by atoms with E-state index >= 15 is 0 Å². The molecule has 3 atom stereocenters. The summed E-state index contributed by atoms with van der Waals surface area (Å²) < 4.78 is 0. The van der Waals surface area contributed by atoms with Crippen molar-refractivity contribution in [2.24, 2.45) is 5.73 Å². The number of carboxylic acids is 1. The first-order chi connectivity index (χ1) is 21.1. The van der Waals surface area contributed by atoms with Crippen LogP contribution in [0, 0.1) is 0 Å². The van der Waals surface area contributed by atoms with Gasteiger partial charge >= 0.3 is 5.97 Å². The molecule has 0 radical (unpaired) electrons. The molecular formula is C32H37N5O7. The van der Waals surface area contributed by atoms with Gasteiger partial charge in [-0.25, -0.2) is 4.79 Å². The summed E-state index contributed by atoms with van der Waals surface area (Å²) in [5, 5.41) is 35.4. The lowest BCUT2D eigenvalue weighted by atomic mass is 9.91. The molecule has 12 nitrogen and oxygen atoms in total. The summed E-state index contributed by atoms with van der Waals surface area (Å²) in [4.78, 5) is 61.6. The van der Waals surface area contributed by atoms with Crippen molar-refractivity contribution in [3.8, 4) is 0 Å². The van der Waals surface area contributed by atoms with Crippen LogP contribution in [-0.4, -0.2) is 77.6 Å². The Hall–Kier alpha value is -4.81. The number of carbonyl (C=O) groups is 5. The van der Waals surface area contributed by atoms with Gasteiger partial charge in [-0.1, -0.05) is 54.6 Å². The Morgan fingerprint density at radius 1 is 0.773 bits per heavy atom.